The van der Waals surface area contributed by atoms with Crippen molar-refractivity contribution in [1.82, 2.24) is 5.32 Å². The molecule has 0 heterocycles. The molecule has 114 valence electrons. The van der Waals surface area contributed by atoms with Crippen molar-refractivity contribution < 1.29 is 14.7 Å². The second-order valence-corrected chi connectivity index (χ2v) is 5.09. The molecule has 2 aromatic carbocycles. The summed E-state index contributed by atoms with van der Waals surface area (Å²) in [6.45, 7) is -0.0684. The average Bonchev–Trinajstić information content (AvgIpc) is 2.53. The summed E-state index contributed by atoms with van der Waals surface area (Å²) in [6.07, 6.45) is 0. The lowest BCUT2D eigenvalue weighted by Gasteiger charge is -2.12. The van der Waals surface area contributed by atoms with Crippen LogP contribution < -0.4 is 10.2 Å². The number of benzene rings is 2. The fraction of sp³-hybridized carbons (Fsp3) is 0.176. The number of amides is 1. The Bertz CT molecular complexity index is 661. The van der Waals surface area contributed by atoms with Crippen LogP contribution in [-0.2, 0) is 0 Å². The molecule has 0 saturated carbocycles. The lowest BCUT2D eigenvalue weighted by molar-refractivity contribution is 0.0904. The van der Waals surface area contributed by atoms with Gasteiger partial charge in [0.15, 0.2) is 5.78 Å². The molecular formula is C17H18N2O3. The largest absolute Gasteiger partial charge is 0.508 e. The highest BCUT2D eigenvalue weighted by molar-refractivity contribution is 6.02. The standard InChI is InChI=1S/C17H18N2O3/c1-19(2)14-7-3-12(4-8-14)16(21)11-18-17(22)13-5-9-15(20)10-6-13/h3-10,20H,11H2,1-2H3,(H,18,22). The zero-order valence-corrected chi connectivity index (χ0v) is 12.5. The van der Waals surface area contributed by atoms with Crippen LogP contribution in [0.3, 0.4) is 0 Å². The van der Waals surface area contributed by atoms with Crippen LogP contribution in [0, 0.1) is 0 Å². The van der Waals surface area contributed by atoms with Crippen LogP contribution >= 0.6 is 0 Å². The molecule has 0 fully saturated rings. The van der Waals surface area contributed by atoms with E-state index in [0.29, 0.717) is 11.1 Å². The highest BCUT2D eigenvalue weighted by atomic mass is 16.3. The highest BCUT2D eigenvalue weighted by Crippen LogP contribution is 2.13. The van der Waals surface area contributed by atoms with Crippen molar-refractivity contribution in [2.75, 3.05) is 25.5 Å². The molecule has 0 bridgehead atoms. The van der Waals surface area contributed by atoms with E-state index >= 15 is 0 Å². The number of phenolic OH excluding ortho intramolecular Hbond substituents is 1. The van der Waals surface area contributed by atoms with Gasteiger partial charge in [-0.3, -0.25) is 9.59 Å². The molecule has 22 heavy (non-hydrogen) atoms. The second kappa shape index (κ2) is 6.76. The van der Waals surface area contributed by atoms with Gasteiger partial charge in [-0.25, -0.2) is 0 Å². The Hall–Kier alpha value is -2.82. The number of anilines is 1. The summed E-state index contributed by atoms with van der Waals surface area (Å²) in [7, 11) is 3.85. The topological polar surface area (TPSA) is 69.6 Å². The molecule has 0 aliphatic carbocycles. The molecule has 2 N–H and O–H groups in total. The summed E-state index contributed by atoms with van der Waals surface area (Å²) < 4.78 is 0. The van der Waals surface area contributed by atoms with Crippen molar-refractivity contribution in [3.8, 4) is 5.75 Å². The van der Waals surface area contributed by atoms with Gasteiger partial charge in [0.05, 0.1) is 6.54 Å². The first-order chi connectivity index (χ1) is 10.5. The van der Waals surface area contributed by atoms with E-state index in [4.69, 9.17) is 0 Å². The Labute approximate surface area is 129 Å². The number of hydrogen-bond acceptors (Lipinski definition) is 4. The summed E-state index contributed by atoms with van der Waals surface area (Å²) >= 11 is 0. The van der Waals surface area contributed by atoms with Crippen molar-refractivity contribution >= 4 is 17.4 Å². The van der Waals surface area contributed by atoms with Gasteiger partial charge in [0.1, 0.15) is 5.75 Å². The third-order valence-corrected chi connectivity index (χ3v) is 3.24. The lowest BCUT2D eigenvalue weighted by Crippen LogP contribution is -2.29. The van der Waals surface area contributed by atoms with E-state index in [1.54, 1.807) is 12.1 Å². The SMILES string of the molecule is CN(C)c1ccc(C(=O)CNC(=O)c2ccc(O)cc2)cc1. The van der Waals surface area contributed by atoms with E-state index in [1.165, 1.54) is 24.3 Å². The van der Waals surface area contributed by atoms with E-state index in [1.807, 2.05) is 31.1 Å². The number of nitrogens with zero attached hydrogens (tertiary/aromatic N) is 1. The van der Waals surface area contributed by atoms with Crippen LogP contribution in [0.25, 0.3) is 0 Å². The average molecular weight is 298 g/mol. The summed E-state index contributed by atoms with van der Waals surface area (Å²) in [6, 6.07) is 13.0. The summed E-state index contributed by atoms with van der Waals surface area (Å²) in [5.74, 6) is -0.413. The molecule has 0 spiro atoms. The number of carbonyl (C=O) groups is 2. The fourth-order valence-electron chi connectivity index (χ4n) is 1.92. The number of ketones is 1. The first kappa shape index (κ1) is 15.6. The minimum absolute atomic E-state index is 0.0684. The van der Waals surface area contributed by atoms with Crippen molar-refractivity contribution in [2.24, 2.45) is 0 Å². The Morgan fingerprint density at radius 1 is 0.955 bits per heavy atom. The van der Waals surface area contributed by atoms with Crippen LogP contribution in [0.4, 0.5) is 5.69 Å². The van der Waals surface area contributed by atoms with Gasteiger partial charge in [-0.15, -0.1) is 0 Å². The summed E-state index contributed by atoms with van der Waals surface area (Å²) in [5.41, 5.74) is 1.95. The molecule has 0 atom stereocenters. The number of hydrogen-bond donors (Lipinski definition) is 2. The molecule has 0 saturated heterocycles. The van der Waals surface area contributed by atoms with E-state index < -0.39 is 0 Å². The number of rotatable bonds is 5. The van der Waals surface area contributed by atoms with Gasteiger partial charge in [-0.2, -0.15) is 0 Å². The Balaban J connectivity index is 1.94. The van der Waals surface area contributed by atoms with Gasteiger partial charge < -0.3 is 15.3 Å². The molecule has 0 unspecified atom stereocenters. The van der Waals surface area contributed by atoms with Crippen LogP contribution in [0.1, 0.15) is 20.7 Å². The number of aromatic hydroxyl groups is 1. The molecule has 0 radical (unpaired) electrons. The van der Waals surface area contributed by atoms with E-state index in [-0.39, 0.29) is 24.0 Å². The maximum Gasteiger partial charge on any atom is 0.251 e. The van der Waals surface area contributed by atoms with Crippen molar-refractivity contribution in [3.63, 3.8) is 0 Å². The molecule has 1 amide bonds. The molecule has 0 aliphatic rings. The van der Waals surface area contributed by atoms with E-state index in [0.717, 1.165) is 5.69 Å². The third kappa shape index (κ3) is 3.85. The Kier molecular flexibility index (Phi) is 4.78. The molecule has 0 aliphatic heterocycles. The molecule has 5 heteroatoms. The van der Waals surface area contributed by atoms with Crippen molar-refractivity contribution in [1.29, 1.82) is 0 Å². The first-order valence-corrected chi connectivity index (χ1v) is 6.85. The van der Waals surface area contributed by atoms with Gasteiger partial charge in [0.2, 0.25) is 0 Å². The van der Waals surface area contributed by atoms with Gasteiger partial charge in [-0.1, -0.05) is 0 Å². The predicted octanol–water partition coefficient (Wildman–Crippen LogP) is 2.07. The van der Waals surface area contributed by atoms with Gasteiger partial charge in [-0.05, 0) is 48.5 Å². The molecule has 2 aromatic rings. The van der Waals surface area contributed by atoms with Crippen LogP contribution in [0.2, 0.25) is 0 Å². The normalized spacial score (nSPS) is 10.1. The summed E-state index contributed by atoms with van der Waals surface area (Å²) in [4.78, 5) is 25.9. The first-order valence-electron chi connectivity index (χ1n) is 6.85. The minimum atomic E-state index is -0.349. The summed E-state index contributed by atoms with van der Waals surface area (Å²) in [5, 5.41) is 11.8. The second-order valence-electron chi connectivity index (χ2n) is 5.09. The van der Waals surface area contributed by atoms with Crippen LogP contribution in [0.15, 0.2) is 48.5 Å². The molecular weight excluding hydrogens is 280 g/mol. The zero-order valence-electron chi connectivity index (χ0n) is 12.5. The smallest absolute Gasteiger partial charge is 0.251 e. The zero-order chi connectivity index (χ0) is 16.1. The van der Waals surface area contributed by atoms with Crippen LogP contribution in [-0.4, -0.2) is 37.4 Å². The van der Waals surface area contributed by atoms with Gasteiger partial charge in [0.25, 0.3) is 5.91 Å². The maximum atomic E-state index is 12.0. The third-order valence-electron chi connectivity index (χ3n) is 3.24. The number of carbonyl (C=O) groups excluding carboxylic acids is 2. The van der Waals surface area contributed by atoms with E-state index in [9.17, 15) is 14.7 Å². The molecule has 2 rings (SSSR count). The monoisotopic (exact) mass is 298 g/mol. The van der Waals surface area contributed by atoms with E-state index in [2.05, 4.69) is 5.32 Å². The number of phenols is 1. The van der Waals surface area contributed by atoms with Crippen molar-refractivity contribution in [3.05, 3.63) is 59.7 Å². The number of Topliss-reactive ketones (excluding diaryl/α,β-unsaturated/α-hetero) is 1. The van der Waals surface area contributed by atoms with Crippen LogP contribution in [0.5, 0.6) is 5.75 Å². The molecule has 5 nitrogen and oxygen atoms in total. The maximum absolute atomic E-state index is 12.0. The highest BCUT2D eigenvalue weighted by Gasteiger charge is 2.10. The van der Waals surface area contributed by atoms with Gasteiger partial charge in [0, 0.05) is 30.9 Å². The fourth-order valence-corrected chi connectivity index (χ4v) is 1.92. The Morgan fingerprint density at radius 3 is 2.05 bits per heavy atom. The number of nitrogens with one attached hydrogen (secondary N) is 1. The predicted molar refractivity (Wildman–Crippen MR) is 85.5 cm³/mol. The van der Waals surface area contributed by atoms with Gasteiger partial charge >= 0.3 is 0 Å². The minimum Gasteiger partial charge on any atom is -0.508 e. The lowest BCUT2D eigenvalue weighted by atomic mass is 10.1. The Morgan fingerprint density at radius 2 is 1.50 bits per heavy atom. The van der Waals surface area contributed by atoms with Crippen molar-refractivity contribution in [2.45, 2.75) is 0 Å². The quantitative estimate of drug-likeness (QED) is 0.829. The molecule has 0 aromatic heterocycles.